The van der Waals surface area contributed by atoms with Crippen LogP contribution in [0, 0.1) is 0 Å². The van der Waals surface area contributed by atoms with Crippen LogP contribution in [0.5, 0.6) is 0 Å². The molecule has 0 aliphatic carbocycles. The van der Waals surface area contributed by atoms with Gasteiger partial charge >= 0.3 is 0 Å². The number of nitrogens with one attached hydrogen (secondary N) is 1. The third-order valence-corrected chi connectivity index (χ3v) is 5.79. The molecule has 4 aromatic rings. The largest absolute Gasteiger partial charge is 0.365 e. The second kappa shape index (κ2) is 10.8. The lowest BCUT2D eigenvalue weighted by Crippen LogP contribution is -2.10. The van der Waals surface area contributed by atoms with Crippen LogP contribution < -0.4 is 0 Å². The number of nitrogens with zero attached hydrogens (tertiary/aromatic N) is 5. The molecule has 0 radical (unpaired) electrons. The molecule has 0 atom stereocenters. The molecule has 0 aliphatic heterocycles. The summed E-state index contributed by atoms with van der Waals surface area (Å²) in [5, 5.41) is 15.0. The highest BCUT2D eigenvalue weighted by molar-refractivity contribution is 7.80. The first-order valence-corrected chi connectivity index (χ1v) is 11.6. The van der Waals surface area contributed by atoms with Crippen molar-refractivity contribution in [2.45, 2.75) is 39.3 Å². The van der Waals surface area contributed by atoms with Crippen molar-refractivity contribution >= 4 is 24.2 Å². The molecule has 7 nitrogen and oxygen atoms in total. The summed E-state index contributed by atoms with van der Waals surface area (Å²) in [6, 6.07) is 16.5. The van der Waals surface area contributed by atoms with E-state index in [9.17, 15) is 0 Å². The number of rotatable bonds is 10. The van der Waals surface area contributed by atoms with Crippen molar-refractivity contribution < 1.29 is 4.74 Å². The molecule has 0 saturated carbocycles. The standard InChI is InChI=1S/C23H25ClN6OS/c1-2-3-8-21-25-22(24)20(14-31-15-32)30(21)13-16-9-11-17(12-10-16)18-6-4-5-7-19(18)23-26-28-29-27-23/h4-7,9-12,32H,2-3,8,13-15H2,1H3,(H,26,27,28,29). The fraction of sp³-hybridized carbons (Fsp3) is 0.304. The van der Waals surface area contributed by atoms with E-state index in [1.807, 2.05) is 18.2 Å². The number of imidazole rings is 1. The van der Waals surface area contributed by atoms with Crippen molar-refractivity contribution in [3.63, 3.8) is 0 Å². The maximum atomic E-state index is 6.45. The summed E-state index contributed by atoms with van der Waals surface area (Å²) < 4.78 is 7.69. The number of H-pyrrole nitrogens is 1. The number of halogens is 1. The lowest BCUT2D eigenvalue weighted by Gasteiger charge is -2.13. The minimum Gasteiger partial charge on any atom is -0.365 e. The van der Waals surface area contributed by atoms with Crippen LogP contribution in [-0.4, -0.2) is 36.1 Å². The Morgan fingerprint density at radius 3 is 2.56 bits per heavy atom. The first-order valence-electron chi connectivity index (χ1n) is 10.6. The van der Waals surface area contributed by atoms with Crippen LogP contribution in [0.3, 0.4) is 0 Å². The van der Waals surface area contributed by atoms with Gasteiger partial charge in [0.15, 0.2) is 5.15 Å². The topological polar surface area (TPSA) is 81.5 Å². The van der Waals surface area contributed by atoms with E-state index in [-0.39, 0.29) is 0 Å². The van der Waals surface area contributed by atoms with Crippen molar-refractivity contribution in [3.05, 3.63) is 70.8 Å². The number of hydrogen-bond donors (Lipinski definition) is 2. The number of benzene rings is 2. The van der Waals surface area contributed by atoms with Crippen molar-refractivity contribution in [2.24, 2.45) is 0 Å². The number of thiol groups is 1. The number of aromatic amines is 1. The minimum absolute atomic E-state index is 0.334. The SMILES string of the molecule is CCCCc1nc(Cl)c(COCS)n1Cc1ccc(-c2ccccc2-c2nn[nH]n2)cc1. The van der Waals surface area contributed by atoms with Crippen LogP contribution in [-0.2, 0) is 24.3 Å². The first kappa shape index (κ1) is 22.5. The lowest BCUT2D eigenvalue weighted by atomic mass is 9.98. The maximum Gasteiger partial charge on any atom is 0.205 e. The average molecular weight is 469 g/mol. The van der Waals surface area contributed by atoms with E-state index in [4.69, 9.17) is 16.3 Å². The zero-order chi connectivity index (χ0) is 22.3. The Labute approximate surface area is 197 Å². The van der Waals surface area contributed by atoms with Crippen LogP contribution in [0.25, 0.3) is 22.5 Å². The van der Waals surface area contributed by atoms with E-state index >= 15 is 0 Å². The van der Waals surface area contributed by atoms with E-state index in [0.29, 0.717) is 30.1 Å². The highest BCUT2D eigenvalue weighted by atomic mass is 35.5. The predicted molar refractivity (Wildman–Crippen MR) is 129 cm³/mol. The first-order chi connectivity index (χ1) is 15.7. The van der Waals surface area contributed by atoms with Gasteiger partial charge in [-0.25, -0.2) is 4.98 Å². The van der Waals surface area contributed by atoms with E-state index in [2.05, 4.69) is 80.1 Å². The van der Waals surface area contributed by atoms with Gasteiger partial charge in [-0.15, -0.1) is 10.2 Å². The summed E-state index contributed by atoms with van der Waals surface area (Å²) in [6.07, 6.45) is 3.04. The fourth-order valence-electron chi connectivity index (χ4n) is 3.68. The molecule has 32 heavy (non-hydrogen) atoms. The molecule has 2 heterocycles. The number of tetrazole rings is 1. The number of hydrogen-bond acceptors (Lipinski definition) is 6. The van der Waals surface area contributed by atoms with E-state index in [1.54, 1.807) is 0 Å². The summed E-state index contributed by atoms with van der Waals surface area (Å²) >= 11 is 10.6. The third-order valence-electron chi connectivity index (χ3n) is 5.31. The molecule has 0 spiro atoms. The Bertz CT molecular complexity index is 1140. The molecule has 2 aromatic carbocycles. The van der Waals surface area contributed by atoms with Crippen molar-refractivity contribution in [1.82, 2.24) is 30.2 Å². The molecule has 2 aromatic heterocycles. The summed E-state index contributed by atoms with van der Waals surface area (Å²) in [7, 11) is 0. The molecule has 9 heteroatoms. The normalized spacial score (nSPS) is 11.2. The Morgan fingerprint density at radius 1 is 1.09 bits per heavy atom. The second-order valence-electron chi connectivity index (χ2n) is 7.41. The zero-order valence-electron chi connectivity index (χ0n) is 17.8. The predicted octanol–water partition coefficient (Wildman–Crippen LogP) is 5.18. The molecular weight excluding hydrogens is 444 g/mol. The number of unbranched alkanes of at least 4 members (excludes halogenated alkanes) is 1. The molecule has 1 N–H and O–H groups in total. The minimum atomic E-state index is 0.334. The van der Waals surface area contributed by atoms with Crippen molar-refractivity contribution in [2.75, 3.05) is 5.94 Å². The molecule has 0 fully saturated rings. The van der Waals surface area contributed by atoms with Gasteiger partial charge in [0.05, 0.1) is 18.2 Å². The van der Waals surface area contributed by atoms with Gasteiger partial charge in [-0.1, -0.05) is 73.5 Å². The van der Waals surface area contributed by atoms with Crippen LogP contribution in [0.4, 0.5) is 0 Å². The molecule has 0 saturated heterocycles. The van der Waals surface area contributed by atoms with Gasteiger partial charge in [-0.2, -0.15) is 17.8 Å². The average Bonchev–Trinajstić information content (AvgIpc) is 3.45. The molecule has 4 rings (SSSR count). The van der Waals surface area contributed by atoms with Gasteiger partial charge in [0.1, 0.15) is 5.82 Å². The van der Waals surface area contributed by atoms with Gasteiger partial charge in [0, 0.05) is 18.5 Å². The highest BCUT2D eigenvalue weighted by Gasteiger charge is 2.16. The molecule has 0 amide bonds. The van der Waals surface area contributed by atoms with E-state index < -0.39 is 0 Å². The Balaban J connectivity index is 1.61. The van der Waals surface area contributed by atoms with Gasteiger partial charge in [-0.3, -0.25) is 0 Å². The van der Waals surface area contributed by atoms with Gasteiger partial charge in [0.2, 0.25) is 5.82 Å². The molecule has 0 unspecified atom stereocenters. The maximum absolute atomic E-state index is 6.45. The highest BCUT2D eigenvalue weighted by Crippen LogP contribution is 2.30. The van der Waals surface area contributed by atoms with E-state index in [1.165, 1.54) is 0 Å². The summed E-state index contributed by atoms with van der Waals surface area (Å²) in [4.78, 5) is 4.60. The van der Waals surface area contributed by atoms with Gasteiger partial charge in [0.25, 0.3) is 0 Å². The van der Waals surface area contributed by atoms with E-state index in [0.717, 1.165) is 53.0 Å². The Morgan fingerprint density at radius 2 is 1.88 bits per heavy atom. The van der Waals surface area contributed by atoms with Gasteiger partial charge < -0.3 is 9.30 Å². The third kappa shape index (κ3) is 5.03. The number of aromatic nitrogens is 6. The summed E-state index contributed by atoms with van der Waals surface area (Å²) in [6.45, 7) is 3.24. The molecule has 0 aliphatic rings. The Kier molecular flexibility index (Phi) is 7.57. The second-order valence-corrected chi connectivity index (χ2v) is 8.03. The number of ether oxygens (including phenoxy) is 1. The number of aryl methyl sites for hydroxylation is 1. The van der Waals surface area contributed by atoms with Crippen LogP contribution in [0.2, 0.25) is 5.15 Å². The molecular formula is C23H25ClN6OS. The lowest BCUT2D eigenvalue weighted by molar-refractivity contribution is 0.164. The molecule has 0 bridgehead atoms. The summed E-state index contributed by atoms with van der Waals surface area (Å²) in [5.74, 6) is 1.90. The smallest absolute Gasteiger partial charge is 0.205 e. The van der Waals surface area contributed by atoms with Gasteiger partial charge in [-0.05, 0) is 28.3 Å². The fourth-order valence-corrected chi connectivity index (χ4v) is 4.02. The zero-order valence-corrected chi connectivity index (χ0v) is 19.5. The van der Waals surface area contributed by atoms with Crippen LogP contribution in [0.15, 0.2) is 48.5 Å². The van der Waals surface area contributed by atoms with Crippen LogP contribution in [0.1, 0.15) is 36.8 Å². The molecule has 166 valence electrons. The van der Waals surface area contributed by atoms with Crippen molar-refractivity contribution in [1.29, 1.82) is 0 Å². The van der Waals surface area contributed by atoms with Crippen molar-refractivity contribution in [3.8, 4) is 22.5 Å². The quantitative estimate of drug-likeness (QED) is 0.247. The van der Waals surface area contributed by atoms with Crippen LogP contribution >= 0.6 is 24.2 Å². The summed E-state index contributed by atoms with van der Waals surface area (Å²) in [5.41, 5.74) is 5.12. The monoisotopic (exact) mass is 468 g/mol. The Hall–Kier alpha value is -2.68.